The lowest BCUT2D eigenvalue weighted by Gasteiger charge is -2.12. The topological polar surface area (TPSA) is 66.4 Å². The molecule has 1 fully saturated rings. The number of carboxylic acids is 1. The Balaban J connectivity index is 1.87. The standard InChI is InChI=1S/C14H15BrFNO3/c15-11-5-8(1-4-12(11)16)6-13(18)17-10-3-2-9(7-10)14(19)20/h1,4-5,9-10H,2-3,6-7H2,(H,17,18)(H,19,20)/t9-,10+/m1/s1. The Labute approximate surface area is 124 Å². The van der Waals surface area contributed by atoms with Gasteiger partial charge in [-0.3, -0.25) is 9.59 Å². The van der Waals surface area contributed by atoms with E-state index in [-0.39, 0.29) is 30.1 Å². The van der Waals surface area contributed by atoms with Crippen LogP contribution in [0, 0.1) is 11.7 Å². The van der Waals surface area contributed by atoms with Crippen molar-refractivity contribution in [2.45, 2.75) is 31.7 Å². The molecule has 2 rings (SSSR count). The molecular weight excluding hydrogens is 329 g/mol. The molecule has 4 nitrogen and oxygen atoms in total. The number of nitrogens with one attached hydrogen (secondary N) is 1. The Bertz CT molecular complexity index is 535. The highest BCUT2D eigenvalue weighted by atomic mass is 79.9. The van der Waals surface area contributed by atoms with Crippen molar-refractivity contribution in [3.63, 3.8) is 0 Å². The van der Waals surface area contributed by atoms with Crippen molar-refractivity contribution in [2.75, 3.05) is 0 Å². The molecule has 1 aliphatic rings. The first-order valence-corrected chi connectivity index (χ1v) is 7.21. The van der Waals surface area contributed by atoms with Crippen LogP contribution < -0.4 is 5.32 Å². The second-order valence-electron chi connectivity index (χ2n) is 5.04. The summed E-state index contributed by atoms with van der Waals surface area (Å²) in [5.74, 6) is -1.70. The van der Waals surface area contributed by atoms with E-state index in [1.165, 1.54) is 6.07 Å². The van der Waals surface area contributed by atoms with Crippen LogP contribution in [0.2, 0.25) is 0 Å². The van der Waals surface area contributed by atoms with Gasteiger partial charge in [0.05, 0.1) is 16.8 Å². The minimum absolute atomic E-state index is 0.0764. The summed E-state index contributed by atoms with van der Waals surface area (Å²) in [7, 11) is 0. The van der Waals surface area contributed by atoms with Crippen LogP contribution in [0.4, 0.5) is 4.39 Å². The zero-order valence-corrected chi connectivity index (χ0v) is 12.3. The molecule has 0 bridgehead atoms. The van der Waals surface area contributed by atoms with Crippen molar-refractivity contribution in [3.8, 4) is 0 Å². The summed E-state index contributed by atoms with van der Waals surface area (Å²) < 4.78 is 13.4. The van der Waals surface area contributed by atoms with Crippen molar-refractivity contribution in [1.29, 1.82) is 0 Å². The monoisotopic (exact) mass is 343 g/mol. The van der Waals surface area contributed by atoms with Crippen LogP contribution in [0.25, 0.3) is 0 Å². The Kier molecular flexibility index (Phi) is 4.75. The van der Waals surface area contributed by atoms with E-state index in [0.717, 1.165) is 0 Å². The summed E-state index contributed by atoms with van der Waals surface area (Å²) in [6.07, 6.45) is 1.93. The number of amides is 1. The third-order valence-corrected chi connectivity index (χ3v) is 4.10. The number of hydrogen-bond donors (Lipinski definition) is 2. The summed E-state index contributed by atoms with van der Waals surface area (Å²) >= 11 is 3.08. The first-order chi connectivity index (χ1) is 9.45. The summed E-state index contributed by atoms with van der Waals surface area (Å²) in [4.78, 5) is 22.7. The van der Waals surface area contributed by atoms with Gasteiger partial charge in [-0.15, -0.1) is 0 Å². The number of hydrogen-bond acceptors (Lipinski definition) is 2. The number of carboxylic acid groups (broad SMARTS) is 1. The minimum Gasteiger partial charge on any atom is -0.481 e. The highest BCUT2D eigenvalue weighted by Gasteiger charge is 2.30. The molecule has 6 heteroatoms. The second kappa shape index (κ2) is 6.35. The molecule has 0 spiro atoms. The average Bonchev–Trinajstić information content (AvgIpc) is 2.82. The lowest BCUT2D eigenvalue weighted by atomic mass is 10.1. The van der Waals surface area contributed by atoms with Crippen LogP contribution in [0.1, 0.15) is 24.8 Å². The fourth-order valence-corrected chi connectivity index (χ4v) is 2.88. The number of rotatable bonds is 4. The molecule has 1 aromatic rings. The van der Waals surface area contributed by atoms with Crippen LogP contribution in [0.3, 0.4) is 0 Å². The van der Waals surface area contributed by atoms with E-state index < -0.39 is 5.97 Å². The predicted octanol–water partition coefficient (Wildman–Crippen LogP) is 2.50. The van der Waals surface area contributed by atoms with Crippen LogP contribution in [-0.4, -0.2) is 23.0 Å². The van der Waals surface area contributed by atoms with E-state index in [0.29, 0.717) is 29.3 Å². The second-order valence-corrected chi connectivity index (χ2v) is 5.89. The Hall–Kier alpha value is -1.43. The van der Waals surface area contributed by atoms with Gasteiger partial charge in [-0.1, -0.05) is 6.07 Å². The molecule has 1 aliphatic carbocycles. The van der Waals surface area contributed by atoms with Crippen LogP contribution >= 0.6 is 15.9 Å². The molecule has 0 aliphatic heterocycles. The molecule has 0 aromatic heterocycles. The van der Waals surface area contributed by atoms with Crippen molar-refractivity contribution in [3.05, 3.63) is 34.1 Å². The molecule has 108 valence electrons. The molecule has 2 N–H and O–H groups in total. The predicted molar refractivity (Wildman–Crippen MR) is 74.7 cm³/mol. The van der Waals surface area contributed by atoms with Gasteiger partial charge in [-0.05, 0) is 52.9 Å². The number of aliphatic carboxylic acids is 1. The molecule has 1 amide bonds. The minimum atomic E-state index is -0.802. The van der Waals surface area contributed by atoms with Gasteiger partial charge >= 0.3 is 5.97 Å². The van der Waals surface area contributed by atoms with Crippen molar-refractivity contribution < 1.29 is 19.1 Å². The number of halogens is 2. The fraction of sp³-hybridized carbons (Fsp3) is 0.429. The summed E-state index contributed by atoms with van der Waals surface area (Å²) in [5, 5.41) is 11.7. The van der Waals surface area contributed by atoms with E-state index in [1.54, 1.807) is 12.1 Å². The van der Waals surface area contributed by atoms with Gasteiger partial charge in [0.2, 0.25) is 5.91 Å². The van der Waals surface area contributed by atoms with Gasteiger partial charge in [-0.2, -0.15) is 0 Å². The normalized spacial score (nSPS) is 21.7. The van der Waals surface area contributed by atoms with Gasteiger partial charge in [0.15, 0.2) is 0 Å². The molecule has 1 saturated carbocycles. The zero-order valence-electron chi connectivity index (χ0n) is 10.7. The van der Waals surface area contributed by atoms with Gasteiger partial charge in [-0.25, -0.2) is 4.39 Å². The lowest BCUT2D eigenvalue weighted by molar-refractivity contribution is -0.141. The SMILES string of the molecule is O=C(Cc1ccc(F)c(Br)c1)N[C@H]1CC[C@@H](C(=O)O)C1. The van der Waals surface area contributed by atoms with Gasteiger partial charge in [0, 0.05) is 6.04 Å². The van der Waals surface area contributed by atoms with E-state index in [1.807, 2.05) is 0 Å². The number of benzene rings is 1. The first-order valence-electron chi connectivity index (χ1n) is 6.42. The maximum Gasteiger partial charge on any atom is 0.306 e. The lowest BCUT2D eigenvalue weighted by Crippen LogP contribution is -2.34. The highest BCUT2D eigenvalue weighted by molar-refractivity contribution is 9.10. The van der Waals surface area contributed by atoms with Crippen molar-refractivity contribution >= 4 is 27.8 Å². The molecule has 1 aromatic carbocycles. The van der Waals surface area contributed by atoms with E-state index in [9.17, 15) is 14.0 Å². The molecule has 0 saturated heterocycles. The molecule has 2 atom stereocenters. The summed E-state index contributed by atoms with van der Waals surface area (Å²) in [6.45, 7) is 0. The smallest absolute Gasteiger partial charge is 0.306 e. The van der Waals surface area contributed by atoms with E-state index in [2.05, 4.69) is 21.2 Å². The van der Waals surface area contributed by atoms with Crippen LogP contribution in [-0.2, 0) is 16.0 Å². The molecule has 0 unspecified atom stereocenters. The maximum absolute atomic E-state index is 13.1. The van der Waals surface area contributed by atoms with Gasteiger partial charge in [0.1, 0.15) is 5.82 Å². The average molecular weight is 344 g/mol. The first kappa shape index (κ1) is 15.0. The van der Waals surface area contributed by atoms with Crippen LogP contribution in [0.5, 0.6) is 0 Å². The van der Waals surface area contributed by atoms with Crippen molar-refractivity contribution in [2.24, 2.45) is 5.92 Å². The Morgan fingerprint density at radius 3 is 2.75 bits per heavy atom. The largest absolute Gasteiger partial charge is 0.481 e. The highest BCUT2D eigenvalue weighted by Crippen LogP contribution is 2.25. The number of carbonyl (C=O) groups is 2. The summed E-state index contributed by atoms with van der Waals surface area (Å²) in [6, 6.07) is 4.37. The Morgan fingerprint density at radius 2 is 2.15 bits per heavy atom. The molecule has 0 radical (unpaired) electrons. The fourth-order valence-electron chi connectivity index (χ4n) is 2.45. The Morgan fingerprint density at radius 1 is 1.40 bits per heavy atom. The van der Waals surface area contributed by atoms with Gasteiger partial charge < -0.3 is 10.4 Å². The summed E-state index contributed by atoms with van der Waals surface area (Å²) in [5.41, 5.74) is 0.712. The van der Waals surface area contributed by atoms with Crippen molar-refractivity contribution in [1.82, 2.24) is 5.32 Å². The molecule has 0 heterocycles. The number of carbonyl (C=O) groups excluding carboxylic acids is 1. The quantitative estimate of drug-likeness (QED) is 0.882. The maximum atomic E-state index is 13.1. The van der Waals surface area contributed by atoms with E-state index in [4.69, 9.17) is 5.11 Å². The molecule has 20 heavy (non-hydrogen) atoms. The van der Waals surface area contributed by atoms with Crippen LogP contribution in [0.15, 0.2) is 22.7 Å². The third-order valence-electron chi connectivity index (χ3n) is 3.50. The van der Waals surface area contributed by atoms with E-state index >= 15 is 0 Å². The van der Waals surface area contributed by atoms with Gasteiger partial charge in [0.25, 0.3) is 0 Å². The molecular formula is C14H15BrFNO3. The third kappa shape index (κ3) is 3.79. The zero-order chi connectivity index (χ0) is 14.7.